The maximum absolute atomic E-state index is 12.6. The third-order valence-corrected chi connectivity index (χ3v) is 5.83. The van der Waals surface area contributed by atoms with E-state index >= 15 is 0 Å². The lowest BCUT2D eigenvalue weighted by Gasteiger charge is -2.31. The largest absolute Gasteiger partial charge is 0.339 e. The quantitative estimate of drug-likeness (QED) is 0.721. The van der Waals surface area contributed by atoms with Crippen LogP contribution in [0.25, 0.3) is 10.6 Å². The first-order chi connectivity index (χ1) is 13.7. The van der Waals surface area contributed by atoms with Crippen molar-refractivity contribution >= 4 is 28.8 Å². The zero-order chi connectivity index (χ0) is 19.3. The van der Waals surface area contributed by atoms with Gasteiger partial charge in [0, 0.05) is 47.4 Å². The molecule has 0 unspecified atom stereocenters. The van der Waals surface area contributed by atoms with Gasteiger partial charge in [-0.05, 0) is 49.2 Å². The van der Waals surface area contributed by atoms with Gasteiger partial charge in [0.2, 0.25) is 5.91 Å². The van der Waals surface area contributed by atoms with Crippen LogP contribution in [0.4, 0.5) is 5.69 Å². The number of carbonyl (C=O) groups is 2. The van der Waals surface area contributed by atoms with Crippen LogP contribution in [0.3, 0.4) is 0 Å². The van der Waals surface area contributed by atoms with E-state index < -0.39 is 0 Å². The fraction of sp³-hybridized carbons (Fsp3) is 0.227. The number of hydrogen-bond donors (Lipinski definition) is 1. The van der Waals surface area contributed by atoms with Gasteiger partial charge in [0.25, 0.3) is 5.91 Å². The molecule has 3 aromatic rings. The lowest BCUT2D eigenvalue weighted by atomic mass is 9.95. The molecule has 142 valence electrons. The fourth-order valence-electron chi connectivity index (χ4n) is 3.41. The summed E-state index contributed by atoms with van der Waals surface area (Å²) in [5.74, 6) is -0.00972. The Morgan fingerprint density at radius 1 is 1.00 bits per heavy atom. The van der Waals surface area contributed by atoms with E-state index in [0.29, 0.717) is 31.5 Å². The van der Waals surface area contributed by atoms with Crippen LogP contribution in [0.15, 0.2) is 66.2 Å². The molecule has 2 amide bonds. The van der Waals surface area contributed by atoms with Crippen LogP contribution in [0, 0.1) is 5.92 Å². The number of rotatable bonds is 4. The molecule has 6 heteroatoms. The van der Waals surface area contributed by atoms with Crippen LogP contribution in [-0.2, 0) is 4.79 Å². The van der Waals surface area contributed by atoms with Crippen molar-refractivity contribution in [3.8, 4) is 10.6 Å². The number of amides is 2. The van der Waals surface area contributed by atoms with Crippen LogP contribution in [0.1, 0.15) is 23.2 Å². The Morgan fingerprint density at radius 2 is 1.71 bits per heavy atom. The molecule has 1 aliphatic heterocycles. The maximum Gasteiger partial charge on any atom is 0.253 e. The fourth-order valence-corrected chi connectivity index (χ4v) is 4.06. The summed E-state index contributed by atoms with van der Waals surface area (Å²) in [7, 11) is 0. The van der Waals surface area contributed by atoms with Crippen LogP contribution >= 0.6 is 11.3 Å². The highest BCUT2D eigenvalue weighted by molar-refractivity contribution is 7.13. The number of aromatic nitrogens is 1. The van der Waals surface area contributed by atoms with Gasteiger partial charge in [0.1, 0.15) is 5.01 Å². The van der Waals surface area contributed by atoms with Gasteiger partial charge in [-0.1, -0.05) is 18.2 Å². The molecule has 1 saturated heterocycles. The summed E-state index contributed by atoms with van der Waals surface area (Å²) in [6.45, 7) is 1.21. The highest BCUT2D eigenvalue weighted by Crippen LogP contribution is 2.25. The predicted molar refractivity (Wildman–Crippen MR) is 111 cm³/mol. The molecule has 0 spiro atoms. The van der Waals surface area contributed by atoms with Crippen molar-refractivity contribution in [1.29, 1.82) is 0 Å². The Morgan fingerprint density at radius 3 is 2.36 bits per heavy atom. The molecule has 1 aromatic heterocycles. The number of piperidine rings is 1. The van der Waals surface area contributed by atoms with E-state index in [2.05, 4.69) is 10.3 Å². The average Bonchev–Trinajstić information content (AvgIpc) is 3.29. The topological polar surface area (TPSA) is 62.3 Å². The second kappa shape index (κ2) is 8.35. The van der Waals surface area contributed by atoms with E-state index in [1.54, 1.807) is 17.5 Å². The monoisotopic (exact) mass is 391 g/mol. The van der Waals surface area contributed by atoms with Crippen LogP contribution in [-0.4, -0.2) is 34.8 Å². The summed E-state index contributed by atoms with van der Waals surface area (Å²) < 4.78 is 0. The van der Waals surface area contributed by atoms with Crippen molar-refractivity contribution in [2.45, 2.75) is 12.8 Å². The lowest BCUT2D eigenvalue weighted by molar-refractivity contribution is -0.121. The van der Waals surface area contributed by atoms with Crippen LogP contribution in [0.2, 0.25) is 0 Å². The standard InChI is InChI=1S/C22H21N3O2S/c26-20(24-19-8-6-17(7-9-19)21-23-12-15-28-21)16-10-13-25(14-11-16)22(27)18-4-2-1-3-5-18/h1-9,12,15-16H,10-11,13-14H2,(H,24,26). The van der Waals surface area contributed by atoms with Crippen molar-refractivity contribution in [3.05, 3.63) is 71.7 Å². The van der Waals surface area contributed by atoms with Gasteiger partial charge in [-0.3, -0.25) is 9.59 Å². The summed E-state index contributed by atoms with van der Waals surface area (Å²) in [6, 6.07) is 17.0. The van der Waals surface area contributed by atoms with Gasteiger partial charge >= 0.3 is 0 Å². The molecular formula is C22H21N3O2S. The van der Waals surface area contributed by atoms with Crippen molar-refractivity contribution in [1.82, 2.24) is 9.88 Å². The molecule has 2 heterocycles. The number of benzene rings is 2. The Hall–Kier alpha value is -2.99. The normalized spacial score (nSPS) is 14.6. The Balaban J connectivity index is 1.31. The van der Waals surface area contributed by atoms with Crippen molar-refractivity contribution < 1.29 is 9.59 Å². The molecule has 1 N–H and O–H groups in total. The second-order valence-corrected chi connectivity index (χ2v) is 7.73. The third kappa shape index (κ3) is 4.12. The predicted octanol–water partition coefficient (Wildman–Crippen LogP) is 4.30. The molecule has 0 atom stereocenters. The lowest BCUT2D eigenvalue weighted by Crippen LogP contribution is -2.41. The molecular weight excluding hydrogens is 370 g/mol. The van der Waals surface area contributed by atoms with E-state index in [1.165, 1.54) is 0 Å². The highest BCUT2D eigenvalue weighted by Gasteiger charge is 2.27. The minimum absolute atomic E-state index is 0.0220. The van der Waals surface area contributed by atoms with Gasteiger partial charge in [0.05, 0.1) is 0 Å². The average molecular weight is 391 g/mol. The second-order valence-electron chi connectivity index (χ2n) is 6.84. The molecule has 0 saturated carbocycles. The Labute approximate surface area is 168 Å². The SMILES string of the molecule is O=C(Nc1ccc(-c2nccs2)cc1)C1CCN(C(=O)c2ccccc2)CC1. The smallest absolute Gasteiger partial charge is 0.253 e. The number of hydrogen-bond acceptors (Lipinski definition) is 4. The van der Waals surface area contributed by atoms with Crippen molar-refractivity contribution in [2.24, 2.45) is 5.92 Å². The molecule has 2 aromatic carbocycles. The van der Waals surface area contributed by atoms with Gasteiger partial charge in [-0.2, -0.15) is 0 Å². The van der Waals surface area contributed by atoms with Crippen LogP contribution in [0.5, 0.6) is 0 Å². The molecule has 28 heavy (non-hydrogen) atoms. The summed E-state index contributed by atoms with van der Waals surface area (Å²) in [5, 5.41) is 5.91. The third-order valence-electron chi connectivity index (χ3n) is 5.01. The molecule has 5 nitrogen and oxygen atoms in total. The van der Waals surface area contributed by atoms with Crippen LogP contribution < -0.4 is 5.32 Å². The number of likely N-dealkylation sites (tertiary alicyclic amines) is 1. The maximum atomic E-state index is 12.6. The van der Waals surface area contributed by atoms with Gasteiger partial charge in [0.15, 0.2) is 0 Å². The highest BCUT2D eigenvalue weighted by atomic mass is 32.1. The first-order valence-electron chi connectivity index (χ1n) is 9.36. The summed E-state index contributed by atoms with van der Waals surface area (Å²) in [6.07, 6.45) is 3.15. The number of anilines is 1. The van der Waals surface area contributed by atoms with Gasteiger partial charge in [-0.25, -0.2) is 4.98 Å². The summed E-state index contributed by atoms with van der Waals surface area (Å²) in [4.78, 5) is 31.2. The van der Waals surface area contributed by atoms with Gasteiger partial charge in [-0.15, -0.1) is 11.3 Å². The molecule has 4 rings (SSSR count). The van der Waals surface area contributed by atoms with Gasteiger partial charge < -0.3 is 10.2 Å². The van der Waals surface area contributed by atoms with E-state index in [-0.39, 0.29) is 17.7 Å². The number of thiazole rings is 1. The van der Waals surface area contributed by atoms with E-state index in [4.69, 9.17) is 0 Å². The zero-order valence-corrected chi connectivity index (χ0v) is 16.2. The number of nitrogens with one attached hydrogen (secondary N) is 1. The first kappa shape index (κ1) is 18.4. The molecule has 0 bridgehead atoms. The summed E-state index contributed by atoms with van der Waals surface area (Å²) >= 11 is 1.59. The number of nitrogens with zero attached hydrogens (tertiary/aromatic N) is 2. The van der Waals surface area contributed by atoms with Crippen molar-refractivity contribution in [3.63, 3.8) is 0 Å². The molecule has 1 aliphatic rings. The number of carbonyl (C=O) groups excluding carboxylic acids is 2. The summed E-state index contributed by atoms with van der Waals surface area (Å²) in [5.41, 5.74) is 2.53. The zero-order valence-electron chi connectivity index (χ0n) is 15.4. The van der Waals surface area contributed by atoms with E-state index in [1.807, 2.05) is 64.9 Å². The minimum Gasteiger partial charge on any atom is -0.339 e. The molecule has 0 aliphatic carbocycles. The molecule has 1 fully saturated rings. The first-order valence-corrected chi connectivity index (χ1v) is 10.2. The van der Waals surface area contributed by atoms with E-state index in [0.717, 1.165) is 16.3 Å². The van der Waals surface area contributed by atoms with E-state index in [9.17, 15) is 9.59 Å². The van der Waals surface area contributed by atoms with Crippen molar-refractivity contribution in [2.75, 3.05) is 18.4 Å². The minimum atomic E-state index is -0.0709. The molecule has 0 radical (unpaired) electrons. The Bertz CT molecular complexity index is 932. The Kier molecular flexibility index (Phi) is 5.48.